The van der Waals surface area contributed by atoms with E-state index in [1.807, 2.05) is 72.1 Å². The lowest BCUT2D eigenvalue weighted by Gasteiger charge is -2.23. The summed E-state index contributed by atoms with van der Waals surface area (Å²) in [7, 11) is 0. The highest BCUT2D eigenvalue weighted by Crippen LogP contribution is 2.17. The maximum atomic E-state index is 12.7. The smallest absolute Gasteiger partial charge is 0.261 e. The highest BCUT2D eigenvalue weighted by molar-refractivity contribution is 7.12. The Morgan fingerprint density at radius 1 is 0.880 bits per heavy atom. The van der Waals surface area contributed by atoms with Crippen LogP contribution in [0.5, 0.6) is 0 Å². The summed E-state index contributed by atoms with van der Waals surface area (Å²) in [6.45, 7) is 0.414. The molecule has 0 aliphatic carbocycles. The Morgan fingerprint density at radius 2 is 1.56 bits per heavy atom. The molecule has 1 aromatic heterocycles. The van der Waals surface area contributed by atoms with Crippen molar-refractivity contribution in [3.8, 4) is 0 Å². The average Bonchev–Trinajstić information content (AvgIpc) is 3.20. The van der Waals surface area contributed by atoms with Gasteiger partial charge in [-0.05, 0) is 29.1 Å². The van der Waals surface area contributed by atoms with Crippen LogP contribution >= 0.6 is 11.3 Å². The number of amides is 2. The van der Waals surface area contributed by atoms with Crippen LogP contribution in [0, 0.1) is 0 Å². The number of nitrogens with one attached hydrogen (secondary N) is 1. The van der Waals surface area contributed by atoms with Gasteiger partial charge in [0.05, 0.1) is 18.0 Å². The van der Waals surface area contributed by atoms with Crippen molar-refractivity contribution >= 4 is 28.8 Å². The minimum Gasteiger partial charge on any atom is -0.342 e. The number of carbonyl (C=O) groups excluding carboxylic acids is 2. The molecule has 0 radical (unpaired) electrons. The van der Waals surface area contributed by atoms with Crippen molar-refractivity contribution in [1.29, 1.82) is 0 Å². The van der Waals surface area contributed by atoms with Crippen LogP contribution in [0.4, 0.5) is 5.69 Å². The number of nitrogens with zero attached hydrogens (tertiary/aromatic N) is 1. The van der Waals surface area contributed by atoms with Crippen molar-refractivity contribution in [3.63, 3.8) is 0 Å². The van der Waals surface area contributed by atoms with Crippen molar-refractivity contribution in [2.45, 2.75) is 6.54 Å². The molecule has 0 bridgehead atoms. The summed E-state index contributed by atoms with van der Waals surface area (Å²) in [5.41, 5.74) is 1.84. The van der Waals surface area contributed by atoms with Crippen molar-refractivity contribution < 1.29 is 9.59 Å². The number of thiophene rings is 1. The lowest BCUT2D eigenvalue weighted by atomic mass is 10.2. The second-order valence-corrected chi connectivity index (χ2v) is 6.41. The first-order valence-electron chi connectivity index (χ1n) is 7.95. The molecule has 0 saturated heterocycles. The molecule has 3 rings (SSSR count). The molecule has 0 saturated carbocycles. The Kier molecular flexibility index (Phi) is 5.59. The summed E-state index contributed by atoms with van der Waals surface area (Å²) in [6.07, 6.45) is 0. The van der Waals surface area contributed by atoms with Gasteiger partial charge < -0.3 is 10.2 Å². The molecule has 1 heterocycles. The molecule has 0 fully saturated rings. The number of hydrogen-bond donors (Lipinski definition) is 1. The van der Waals surface area contributed by atoms with E-state index < -0.39 is 0 Å². The van der Waals surface area contributed by atoms with Crippen LogP contribution in [0.3, 0.4) is 0 Å². The minimum absolute atomic E-state index is 0.0432. The molecule has 2 amide bonds. The zero-order chi connectivity index (χ0) is 17.5. The molecule has 126 valence electrons. The van der Waals surface area contributed by atoms with Gasteiger partial charge >= 0.3 is 0 Å². The molecule has 0 spiro atoms. The Bertz CT molecular complexity index is 817. The summed E-state index contributed by atoms with van der Waals surface area (Å²) in [5, 5.41) is 4.54. The molecule has 0 atom stereocenters. The number of anilines is 1. The van der Waals surface area contributed by atoms with E-state index in [9.17, 15) is 9.59 Å². The first kappa shape index (κ1) is 16.9. The van der Waals surface area contributed by atoms with Crippen molar-refractivity contribution in [2.75, 3.05) is 11.4 Å². The van der Waals surface area contributed by atoms with E-state index in [0.29, 0.717) is 11.4 Å². The van der Waals surface area contributed by atoms with Gasteiger partial charge in [0, 0.05) is 5.69 Å². The van der Waals surface area contributed by atoms with Crippen molar-refractivity contribution in [3.05, 3.63) is 88.6 Å². The van der Waals surface area contributed by atoms with Crippen molar-refractivity contribution in [1.82, 2.24) is 5.32 Å². The summed E-state index contributed by atoms with van der Waals surface area (Å²) in [6, 6.07) is 22.8. The zero-order valence-corrected chi connectivity index (χ0v) is 14.4. The molecule has 5 heteroatoms. The quantitative estimate of drug-likeness (QED) is 0.737. The summed E-state index contributed by atoms with van der Waals surface area (Å²) in [5.74, 6) is -0.379. The molecule has 0 aliphatic heterocycles. The molecular formula is C20H18N2O2S. The third kappa shape index (κ3) is 4.55. The highest BCUT2D eigenvalue weighted by atomic mass is 32.1. The van der Waals surface area contributed by atoms with Gasteiger partial charge in [-0.25, -0.2) is 0 Å². The second-order valence-electron chi connectivity index (χ2n) is 5.46. The normalized spacial score (nSPS) is 10.2. The number of benzene rings is 2. The monoisotopic (exact) mass is 350 g/mol. The Hall–Kier alpha value is -2.92. The summed E-state index contributed by atoms with van der Waals surface area (Å²) < 4.78 is 0. The van der Waals surface area contributed by atoms with Gasteiger partial charge in [-0.1, -0.05) is 54.6 Å². The van der Waals surface area contributed by atoms with Gasteiger partial charge in [-0.2, -0.15) is 0 Å². The molecule has 3 aromatic rings. The number of rotatable bonds is 6. The van der Waals surface area contributed by atoms with Crippen LogP contribution in [-0.4, -0.2) is 18.4 Å². The van der Waals surface area contributed by atoms with E-state index in [-0.39, 0.29) is 18.4 Å². The maximum absolute atomic E-state index is 12.7. The van der Waals surface area contributed by atoms with Gasteiger partial charge in [0.15, 0.2) is 0 Å². The highest BCUT2D eigenvalue weighted by Gasteiger charge is 2.17. The summed E-state index contributed by atoms with van der Waals surface area (Å²) in [4.78, 5) is 27.1. The Morgan fingerprint density at radius 3 is 2.20 bits per heavy atom. The van der Waals surface area contributed by atoms with Gasteiger partial charge in [0.1, 0.15) is 0 Å². The van der Waals surface area contributed by atoms with Gasteiger partial charge in [-0.3, -0.25) is 9.59 Å². The number of hydrogen-bond acceptors (Lipinski definition) is 3. The third-order valence-corrected chi connectivity index (χ3v) is 4.57. The predicted octanol–water partition coefficient (Wildman–Crippen LogP) is 3.71. The predicted molar refractivity (Wildman–Crippen MR) is 101 cm³/mol. The fraction of sp³-hybridized carbons (Fsp3) is 0.100. The zero-order valence-electron chi connectivity index (χ0n) is 13.6. The summed E-state index contributed by atoms with van der Waals surface area (Å²) >= 11 is 1.35. The molecule has 2 aromatic carbocycles. The topological polar surface area (TPSA) is 49.4 Å². The van der Waals surface area contributed by atoms with E-state index in [1.165, 1.54) is 11.3 Å². The van der Waals surface area contributed by atoms with Crippen LogP contribution in [0.2, 0.25) is 0 Å². The van der Waals surface area contributed by atoms with Gasteiger partial charge in [0.2, 0.25) is 5.91 Å². The molecular weight excluding hydrogens is 332 g/mol. The van der Waals surface area contributed by atoms with E-state index in [2.05, 4.69) is 5.32 Å². The van der Waals surface area contributed by atoms with E-state index in [4.69, 9.17) is 0 Å². The lowest BCUT2D eigenvalue weighted by Crippen LogP contribution is -2.39. The van der Waals surface area contributed by atoms with E-state index in [1.54, 1.807) is 11.0 Å². The van der Waals surface area contributed by atoms with E-state index >= 15 is 0 Å². The van der Waals surface area contributed by atoms with Crippen LogP contribution in [0.15, 0.2) is 78.2 Å². The molecule has 0 aliphatic rings. The Balaban J connectivity index is 1.72. The van der Waals surface area contributed by atoms with Crippen molar-refractivity contribution in [2.24, 2.45) is 0 Å². The SMILES string of the molecule is O=C(NCC(=O)N(Cc1ccccc1)c1ccccc1)c1cccs1. The number of para-hydroxylation sites is 1. The lowest BCUT2D eigenvalue weighted by molar-refractivity contribution is -0.117. The molecule has 25 heavy (non-hydrogen) atoms. The Labute approximate surface area is 150 Å². The largest absolute Gasteiger partial charge is 0.342 e. The van der Waals surface area contributed by atoms with E-state index in [0.717, 1.165) is 11.3 Å². The molecule has 4 nitrogen and oxygen atoms in total. The molecule has 0 unspecified atom stereocenters. The minimum atomic E-state index is -0.226. The first-order chi connectivity index (χ1) is 12.2. The average molecular weight is 350 g/mol. The van der Waals surface area contributed by atoms with Crippen LogP contribution in [0.1, 0.15) is 15.2 Å². The molecule has 1 N–H and O–H groups in total. The van der Waals surface area contributed by atoms with Gasteiger partial charge in [0.25, 0.3) is 5.91 Å². The number of carbonyl (C=O) groups is 2. The maximum Gasteiger partial charge on any atom is 0.261 e. The second kappa shape index (κ2) is 8.26. The van der Waals surface area contributed by atoms with Gasteiger partial charge in [-0.15, -0.1) is 11.3 Å². The van der Waals surface area contributed by atoms with Crippen LogP contribution < -0.4 is 10.2 Å². The van der Waals surface area contributed by atoms with Crippen LogP contribution in [-0.2, 0) is 11.3 Å². The standard InChI is InChI=1S/C20H18N2O2S/c23-19(14-21-20(24)18-12-7-13-25-18)22(17-10-5-2-6-11-17)15-16-8-3-1-4-9-16/h1-13H,14-15H2,(H,21,24). The van der Waals surface area contributed by atoms with Crippen LogP contribution in [0.25, 0.3) is 0 Å². The third-order valence-electron chi connectivity index (χ3n) is 3.70. The fourth-order valence-corrected chi connectivity index (χ4v) is 3.08. The first-order valence-corrected chi connectivity index (χ1v) is 8.83. The fourth-order valence-electron chi connectivity index (χ4n) is 2.44.